The lowest BCUT2D eigenvalue weighted by Crippen LogP contribution is -2.40. The van der Waals surface area contributed by atoms with Crippen LogP contribution in [0.5, 0.6) is 0 Å². The minimum atomic E-state index is -0.495. The molecule has 0 N–H and O–H groups in total. The molecule has 0 bridgehead atoms. The van der Waals surface area contributed by atoms with Crippen LogP contribution in [0.3, 0.4) is 0 Å². The van der Waals surface area contributed by atoms with Gasteiger partial charge in [-0.3, -0.25) is 4.79 Å². The van der Waals surface area contributed by atoms with E-state index < -0.39 is 5.60 Å². The Morgan fingerprint density at radius 1 is 1.06 bits per heavy atom. The molecule has 0 heterocycles. The zero-order chi connectivity index (χ0) is 14.5. The standard InChI is InChI=1S/C13H26N2O3/c1-10(2)11(16)14(6)8-9-15(7)12(17)18-13(3,4)5/h10H,8-9H2,1-7H3. The summed E-state index contributed by atoms with van der Waals surface area (Å²) in [6, 6.07) is 0. The minimum Gasteiger partial charge on any atom is -0.444 e. The molecule has 0 atom stereocenters. The lowest BCUT2D eigenvalue weighted by Gasteiger charge is -2.26. The van der Waals surface area contributed by atoms with Crippen LogP contribution in [0, 0.1) is 5.92 Å². The summed E-state index contributed by atoms with van der Waals surface area (Å²) >= 11 is 0. The molecule has 0 unspecified atom stereocenters. The number of ether oxygens (including phenoxy) is 1. The van der Waals surface area contributed by atoms with Crippen molar-refractivity contribution in [2.75, 3.05) is 27.2 Å². The average molecular weight is 258 g/mol. The Morgan fingerprint density at radius 2 is 1.50 bits per heavy atom. The summed E-state index contributed by atoms with van der Waals surface area (Å²) in [4.78, 5) is 26.4. The van der Waals surface area contributed by atoms with E-state index >= 15 is 0 Å². The Kier molecular flexibility index (Phi) is 6.15. The maximum absolute atomic E-state index is 11.7. The molecule has 0 saturated carbocycles. The first-order chi connectivity index (χ1) is 8.04. The predicted octanol–water partition coefficient (Wildman–Crippen LogP) is 1.97. The number of rotatable bonds is 4. The maximum Gasteiger partial charge on any atom is 0.410 e. The van der Waals surface area contributed by atoms with Crippen molar-refractivity contribution in [1.29, 1.82) is 0 Å². The largest absolute Gasteiger partial charge is 0.444 e. The van der Waals surface area contributed by atoms with Gasteiger partial charge in [0.05, 0.1) is 0 Å². The van der Waals surface area contributed by atoms with Gasteiger partial charge in [-0.05, 0) is 20.8 Å². The van der Waals surface area contributed by atoms with E-state index in [0.717, 1.165) is 0 Å². The van der Waals surface area contributed by atoms with Gasteiger partial charge >= 0.3 is 6.09 Å². The highest BCUT2D eigenvalue weighted by Crippen LogP contribution is 2.09. The van der Waals surface area contributed by atoms with E-state index in [4.69, 9.17) is 4.74 Å². The van der Waals surface area contributed by atoms with Gasteiger partial charge in [-0.1, -0.05) is 13.8 Å². The van der Waals surface area contributed by atoms with Crippen LogP contribution in [0.25, 0.3) is 0 Å². The maximum atomic E-state index is 11.7. The zero-order valence-electron chi connectivity index (χ0n) is 12.6. The summed E-state index contributed by atoms with van der Waals surface area (Å²) in [6.07, 6.45) is -0.368. The molecule has 5 heteroatoms. The molecule has 0 spiro atoms. The van der Waals surface area contributed by atoms with Gasteiger partial charge in [-0.25, -0.2) is 4.79 Å². The van der Waals surface area contributed by atoms with Crippen LogP contribution in [-0.2, 0) is 9.53 Å². The van der Waals surface area contributed by atoms with E-state index in [1.807, 2.05) is 34.6 Å². The van der Waals surface area contributed by atoms with Gasteiger partial charge in [-0.15, -0.1) is 0 Å². The first kappa shape index (κ1) is 16.7. The molecular weight excluding hydrogens is 232 g/mol. The first-order valence-corrected chi connectivity index (χ1v) is 6.23. The van der Waals surface area contributed by atoms with Gasteiger partial charge in [0, 0.05) is 33.1 Å². The SMILES string of the molecule is CC(C)C(=O)N(C)CCN(C)C(=O)OC(C)(C)C. The van der Waals surface area contributed by atoms with Gasteiger partial charge in [0.15, 0.2) is 0 Å². The molecule has 0 aromatic heterocycles. The zero-order valence-corrected chi connectivity index (χ0v) is 12.6. The molecule has 18 heavy (non-hydrogen) atoms. The molecule has 0 aliphatic heterocycles. The number of hydrogen-bond acceptors (Lipinski definition) is 3. The van der Waals surface area contributed by atoms with Crippen molar-refractivity contribution in [2.24, 2.45) is 5.92 Å². The normalized spacial score (nSPS) is 11.3. The van der Waals surface area contributed by atoms with Crippen molar-refractivity contribution < 1.29 is 14.3 Å². The molecule has 5 nitrogen and oxygen atoms in total. The molecule has 0 radical (unpaired) electrons. The summed E-state index contributed by atoms with van der Waals surface area (Å²) in [5.74, 6) is 0.0504. The minimum absolute atomic E-state index is 0.0261. The molecule has 0 aliphatic carbocycles. The lowest BCUT2D eigenvalue weighted by molar-refractivity contribution is -0.133. The highest BCUT2D eigenvalue weighted by molar-refractivity contribution is 5.77. The van der Waals surface area contributed by atoms with Crippen molar-refractivity contribution >= 4 is 12.0 Å². The van der Waals surface area contributed by atoms with Crippen LogP contribution in [0.15, 0.2) is 0 Å². The van der Waals surface area contributed by atoms with Crippen molar-refractivity contribution in [3.05, 3.63) is 0 Å². The van der Waals surface area contributed by atoms with E-state index in [2.05, 4.69) is 0 Å². The van der Waals surface area contributed by atoms with E-state index in [1.54, 1.807) is 19.0 Å². The Hall–Kier alpha value is -1.26. The van der Waals surface area contributed by atoms with Crippen molar-refractivity contribution in [2.45, 2.75) is 40.2 Å². The van der Waals surface area contributed by atoms with Crippen LogP contribution in [0.4, 0.5) is 4.79 Å². The highest BCUT2D eigenvalue weighted by atomic mass is 16.6. The Labute approximate surface area is 110 Å². The Morgan fingerprint density at radius 3 is 1.89 bits per heavy atom. The molecule has 0 fully saturated rings. The van der Waals surface area contributed by atoms with Crippen molar-refractivity contribution in [3.63, 3.8) is 0 Å². The molecule has 0 aromatic carbocycles. The van der Waals surface area contributed by atoms with E-state index in [9.17, 15) is 9.59 Å². The van der Waals surface area contributed by atoms with E-state index in [-0.39, 0.29) is 17.9 Å². The van der Waals surface area contributed by atoms with Gasteiger partial charge in [0.1, 0.15) is 5.60 Å². The topological polar surface area (TPSA) is 49.9 Å². The van der Waals surface area contributed by atoms with Crippen LogP contribution < -0.4 is 0 Å². The van der Waals surface area contributed by atoms with Gasteiger partial charge < -0.3 is 14.5 Å². The molecule has 0 saturated heterocycles. The van der Waals surface area contributed by atoms with Crippen LogP contribution >= 0.6 is 0 Å². The van der Waals surface area contributed by atoms with Crippen molar-refractivity contribution in [3.8, 4) is 0 Å². The number of carbonyl (C=O) groups excluding carboxylic acids is 2. The van der Waals surface area contributed by atoms with E-state index in [1.165, 1.54) is 4.90 Å². The van der Waals surface area contributed by atoms with Crippen LogP contribution in [0.1, 0.15) is 34.6 Å². The van der Waals surface area contributed by atoms with Gasteiger partial charge in [0.25, 0.3) is 0 Å². The summed E-state index contributed by atoms with van der Waals surface area (Å²) in [5.41, 5.74) is -0.495. The smallest absolute Gasteiger partial charge is 0.410 e. The Balaban J connectivity index is 4.14. The highest BCUT2D eigenvalue weighted by Gasteiger charge is 2.20. The van der Waals surface area contributed by atoms with Crippen LogP contribution in [0.2, 0.25) is 0 Å². The third kappa shape index (κ3) is 6.47. The number of hydrogen-bond donors (Lipinski definition) is 0. The Bertz CT molecular complexity index is 295. The third-order valence-electron chi connectivity index (χ3n) is 2.35. The summed E-state index contributed by atoms with van der Waals surface area (Å²) < 4.78 is 5.22. The fraction of sp³-hybridized carbons (Fsp3) is 0.846. The van der Waals surface area contributed by atoms with Gasteiger partial charge in [0.2, 0.25) is 5.91 Å². The second-order valence-electron chi connectivity index (χ2n) is 5.82. The molecule has 0 aromatic rings. The summed E-state index contributed by atoms with van der Waals surface area (Å²) in [5, 5.41) is 0. The molecule has 0 rings (SSSR count). The van der Waals surface area contributed by atoms with E-state index in [0.29, 0.717) is 13.1 Å². The second-order valence-corrected chi connectivity index (χ2v) is 5.82. The monoisotopic (exact) mass is 258 g/mol. The molecular formula is C13H26N2O3. The average Bonchev–Trinajstić information content (AvgIpc) is 2.21. The fourth-order valence-corrected chi connectivity index (χ4v) is 1.28. The third-order valence-corrected chi connectivity index (χ3v) is 2.35. The van der Waals surface area contributed by atoms with Gasteiger partial charge in [-0.2, -0.15) is 0 Å². The summed E-state index contributed by atoms with van der Waals surface area (Å²) in [7, 11) is 3.41. The second kappa shape index (κ2) is 6.61. The number of nitrogens with zero attached hydrogens (tertiary/aromatic N) is 2. The first-order valence-electron chi connectivity index (χ1n) is 6.23. The molecule has 0 aliphatic rings. The number of amides is 2. The predicted molar refractivity (Wildman–Crippen MR) is 71.3 cm³/mol. The molecule has 2 amide bonds. The van der Waals surface area contributed by atoms with Crippen LogP contribution in [-0.4, -0.2) is 54.6 Å². The quantitative estimate of drug-likeness (QED) is 0.774. The number of carbonyl (C=O) groups is 2. The molecule has 106 valence electrons. The lowest BCUT2D eigenvalue weighted by atomic mass is 10.2. The summed E-state index contributed by atoms with van der Waals surface area (Å²) in [6.45, 7) is 10.2. The number of likely N-dealkylation sites (N-methyl/N-ethyl adjacent to an activating group) is 2. The van der Waals surface area contributed by atoms with Crippen molar-refractivity contribution in [1.82, 2.24) is 9.80 Å². The fourth-order valence-electron chi connectivity index (χ4n) is 1.28.